The van der Waals surface area contributed by atoms with Gasteiger partial charge >= 0.3 is 11.9 Å². The summed E-state index contributed by atoms with van der Waals surface area (Å²) in [6.45, 7) is 8.59. The van der Waals surface area contributed by atoms with Crippen LogP contribution in [0.4, 0.5) is 4.79 Å². The van der Waals surface area contributed by atoms with E-state index in [1.165, 1.54) is 16.8 Å². The molecule has 0 aromatic carbocycles. The lowest BCUT2D eigenvalue weighted by Gasteiger charge is -2.32. The number of nitrogens with zero attached hydrogens (tertiary/aromatic N) is 6. The van der Waals surface area contributed by atoms with Crippen molar-refractivity contribution in [1.29, 1.82) is 0 Å². The molecule has 10 heteroatoms. The molecule has 0 N–H and O–H groups in total. The molecule has 0 aliphatic carbocycles. The monoisotopic (exact) mass is 393 g/mol. The van der Waals surface area contributed by atoms with Crippen LogP contribution in [0.2, 0.25) is 0 Å². The van der Waals surface area contributed by atoms with Gasteiger partial charge in [0.25, 0.3) is 17.8 Å². The molecule has 3 amide bonds. The fourth-order valence-electron chi connectivity index (χ4n) is 4.07. The number of imide groups is 1. The van der Waals surface area contributed by atoms with Crippen molar-refractivity contribution >= 4 is 23.6 Å². The first-order valence-corrected chi connectivity index (χ1v) is 9.93. The molecule has 4 heterocycles. The Morgan fingerprint density at radius 2 is 1.57 bits per heavy atom. The second-order valence-electron chi connectivity index (χ2n) is 7.56. The lowest BCUT2D eigenvalue weighted by Crippen LogP contribution is -2.62. The van der Waals surface area contributed by atoms with Crippen LogP contribution in [0.3, 0.4) is 0 Å². The molecule has 154 valence electrons. The average Bonchev–Trinajstić information content (AvgIpc) is 3.09. The summed E-state index contributed by atoms with van der Waals surface area (Å²) in [5.41, 5.74) is 0. The van der Waals surface area contributed by atoms with E-state index < -0.39 is 6.04 Å². The number of ether oxygens (including phenoxy) is 2. The summed E-state index contributed by atoms with van der Waals surface area (Å²) in [6.07, 6.45) is 0. The minimum absolute atomic E-state index is 0.208. The third kappa shape index (κ3) is 3.69. The number of hydrogen-bond acceptors (Lipinski definition) is 7. The first-order chi connectivity index (χ1) is 13.6. The van der Waals surface area contributed by atoms with E-state index in [0.717, 1.165) is 51.8 Å². The highest BCUT2D eigenvalue weighted by Crippen LogP contribution is 2.19. The van der Waals surface area contributed by atoms with E-state index in [0.29, 0.717) is 32.1 Å². The number of urea groups is 1. The molecule has 0 spiro atoms. The van der Waals surface area contributed by atoms with Gasteiger partial charge in [-0.3, -0.25) is 24.4 Å². The Labute approximate surface area is 165 Å². The number of aliphatic imine (C=N–C) groups is 1. The van der Waals surface area contributed by atoms with Crippen molar-refractivity contribution in [1.82, 2.24) is 19.6 Å². The van der Waals surface area contributed by atoms with Crippen LogP contribution >= 0.6 is 0 Å². The van der Waals surface area contributed by atoms with E-state index in [1.807, 2.05) is 0 Å². The fraction of sp³-hybridized carbons (Fsp3) is 0.778. The highest BCUT2D eigenvalue weighted by Gasteiger charge is 2.53. The molecule has 3 saturated heterocycles. The van der Waals surface area contributed by atoms with Crippen molar-refractivity contribution in [2.45, 2.75) is 6.04 Å². The molecule has 10 nitrogen and oxygen atoms in total. The molecular formula is C18H29N6O4+. The van der Waals surface area contributed by atoms with E-state index in [4.69, 9.17) is 14.5 Å². The number of amidine groups is 2. The molecule has 28 heavy (non-hydrogen) atoms. The molecule has 1 unspecified atom stereocenters. The fourth-order valence-corrected chi connectivity index (χ4v) is 4.07. The molecule has 0 bridgehead atoms. The maximum absolute atomic E-state index is 12.9. The second-order valence-corrected chi connectivity index (χ2v) is 7.56. The number of likely N-dealkylation sites (N-methyl/N-ethyl adjacent to an activating group) is 2. The minimum atomic E-state index is -0.523. The van der Waals surface area contributed by atoms with Gasteiger partial charge in [0, 0.05) is 46.8 Å². The van der Waals surface area contributed by atoms with Crippen molar-refractivity contribution < 1.29 is 23.6 Å². The SMILES string of the molecule is CN1C(=O)C2C(=NC(CN3CCOCC3)=[N+]2CCN2CCOCC2)N(C)C1=O. The quantitative estimate of drug-likeness (QED) is 0.522. The van der Waals surface area contributed by atoms with Crippen LogP contribution in [0.5, 0.6) is 0 Å². The number of morpholine rings is 2. The zero-order chi connectivity index (χ0) is 19.7. The Balaban J connectivity index is 1.57. The van der Waals surface area contributed by atoms with Gasteiger partial charge in [-0.2, -0.15) is 0 Å². The summed E-state index contributed by atoms with van der Waals surface area (Å²) < 4.78 is 13.0. The maximum Gasteiger partial charge on any atom is 0.333 e. The summed E-state index contributed by atoms with van der Waals surface area (Å²) in [6, 6.07) is -0.856. The molecule has 3 fully saturated rings. The van der Waals surface area contributed by atoms with E-state index in [1.54, 1.807) is 7.05 Å². The molecular weight excluding hydrogens is 364 g/mol. The summed E-state index contributed by atoms with van der Waals surface area (Å²) >= 11 is 0. The Morgan fingerprint density at radius 1 is 0.964 bits per heavy atom. The van der Waals surface area contributed by atoms with Gasteiger partial charge in [0.05, 0.1) is 33.0 Å². The van der Waals surface area contributed by atoms with Crippen LogP contribution in [0.1, 0.15) is 0 Å². The van der Waals surface area contributed by atoms with Crippen LogP contribution in [-0.4, -0.2) is 140 Å². The largest absolute Gasteiger partial charge is 0.379 e. The summed E-state index contributed by atoms with van der Waals surface area (Å²) in [4.78, 5) is 37.4. The number of carbonyl (C=O) groups is 2. The zero-order valence-corrected chi connectivity index (χ0v) is 16.7. The van der Waals surface area contributed by atoms with Crippen LogP contribution in [-0.2, 0) is 14.3 Å². The van der Waals surface area contributed by atoms with Crippen molar-refractivity contribution in [2.24, 2.45) is 4.99 Å². The first kappa shape index (κ1) is 19.4. The number of fused-ring (bicyclic) bond motifs is 1. The normalized spacial score (nSPS) is 27.5. The van der Waals surface area contributed by atoms with Crippen molar-refractivity contribution in [2.75, 3.05) is 86.3 Å². The molecule has 4 aliphatic rings. The smallest absolute Gasteiger partial charge is 0.333 e. The molecule has 4 aliphatic heterocycles. The number of amides is 3. The van der Waals surface area contributed by atoms with Gasteiger partial charge in [0.1, 0.15) is 6.54 Å². The number of carbonyl (C=O) groups excluding carboxylic acids is 2. The highest BCUT2D eigenvalue weighted by atomic mass is 16.5. The van der Waals surface area contributed by atoms with Gasteiger partial charge in [-0.15, -0.1) is 0 Å². The molecule has 0 aromatic heterocycles. The predicted molar refractivity (Wildman–Crippen MR) is 102 cm³/mol. The first-order valence-electron chi connectivity index (χ1n) is 9.93. The third-order valence-corrected chi connectivity index (χ3v) is 5.84. The van der Waals surface area contributed by atoms with Crippen LogP contribution in [0.15, 0.2) is 4.99 Å². The maximum atomic E-state index is 12.9. The molecule has 1 atom stereocenters. The zero-order valence-electron chi connectivity index (χ0n) is 16.7. The third-order valence-electron chi connectivity index (χ3n) is 5.84. The van der Waals surface area contributed by atoms with E-state index in [-0.39, 0.29) is 11.9 Å². The Kier molecular flexibility index (Phi) is 5.72. The summed E-state index contributed by atoms with van der Waals surface area (Å²) in [5, 5.41) is 0. The summed E-state index contributed by atoms with van der Waals surface area (Å²) in [5.74, 6) is 1.19. The van der Waals surface area contributed by atoms with E-state index in [9.17, 15) is 9.59 Å². The van der Waals surface area contributed by atoms with Gasteiger partial charge in [-0.05, 0) is 4.99 Å². The Morgan fingerprint density at radius 3 is 2.21 bits per heavy atom. The van der Waals surface area contributed by atoms with E-state index in [2.05, 4.69) is 14.4 Å². The average molecular weight is 393 g/mol. The highest BCUT2D eigenvalue weighted by molar-refractivity contribution is 6.23. The van der Waals surface area contributed by atoms with Crippen molar-refractivity contribution in [3.05, 3.63) is 0 Å². The van der Waals surface area contributed by atoms with Gasteiger partial charge in [0.15, 0.2) is 0 Å². The Bertz CT molecular complexity index is 696. The van der Waals surface area contributed by atoms with Crippen LogP contribution in [0.25, 0.3) is 0 Å². The van der Waals surface area contributed by atoms with Gasteiger partial charge in [-0.1, -0.05) is 0 Å². The van der Waals surface area contributed by atoms with E-state index >= 15 is 0 Å². The summed E-state index contributed by atoms with van der Waals surface area (Å²) in [7, 11) is 3.23. The topological polar surface area (TPSA) is 80.9 Å². The number of rotatable bonds is 5. The van der Waals surface area contributed by atoms with Crippen LogP contribution in [0, 0.1) is 0 Å². The molecule has 0 aromatic rings. The number of hydrogen-bond donors (Lipinski definition) is 0. The predicted octanol–water partition coefficient (Wildman–Crippen LogP) is -1.63. The lowest BCUT2D eigenvalue weighted by atomic mass is 10.1. The molecule has 0 radical (unpaired) electrons. The van der Waals surface area contributed by atoms with Crippen LogP contribution < -0.4 is 0 Å². The van der Waals surface area contributed by atoms with Crippen molar-refractivity contribution in [3.63, 3.8) is 0 Å². The van der Waals surface area contributed by atoms with Gasteiger partial charge in [-0.25, -0.2) is 9.37 Å². The molecule has 4 rings (SSSR count). The van der Waals surface area contributed by atoms with Crippen molar-refractivity contribution in [3.8, 4) is 0 Å². The minimum Gasteiger partial charge on any atom is -0.379 e. The Hall–Kier alpha value is -1.88. The molecule has 0 saturated carbocycles. The van der Waals surface area contributed by atoms with Gasteiger partial charge in [0.2, 0.25) is 0 Å². The standard InChI is InChI=1S/C18H29N6O4/c1-20-16-15(17(25)21(2)18(20)26)24(4-3-22-5-9-27-10-6-22)14(19-16)13-23-7-11-28-12-8-23/h15H,3-13H2,1-2H3/q+1. The lowest BCUT2D eigenvalue weighted by molar-refractivity contribution is -0.536. The van der Waals surface area contributed by atoms with Gasteiger partial charge < -0.3 is 9.47 Å². The second kappa shape index (κ2) is 8.24.